The van der Waals surface area contributed by atoms with Crippen molar-refractivity contribution in [1.29, 1.82) is 0 Å². The average Bonchev–Trinajstić information content (AvgIpc) is 2.18. The zero-order valence-corrected chi connectivity index (χ0v) is 9.19. The van der Waals surface area contributed by atoms with E-state index in [2.05, 4.69) is 5.32 Å². The van der Waals surface area contributed by atoms with Gasteiger partial charge in [-0.25, -0.2) is 0 Å². The minimum Gasteiger partial charge on any atom is -0.480 e. The molecule has 0 heterocycles. The SMILES string of the molecule is C[C@@H](Nc1cccc(N(C)C)c1)C(=O)O. The Bertz CT molecular complexity index is 350. The lowest BCUT2D eigenvalue weighted by Gasteiger charge is -2.15. The Morgan fingerprint density at radius 3 is 2.67 bits per heavy atom. The quantitative estimate of drug-likeness (QED) is 0.789. The Morgan fingerprint density at radius 1 is 1.47 bits per heavy atom. The molecule has 4 heteroatoms. The van der Waals surface area contributed by atoms with E-state index in [-0.39, 0.29) is 0 Å². The lowest BCUT2D eigenvalue weighted by Crippen LogP contribution is -2.25. The molecule has 0 aliphatic carbocycles. The van der Waals surface area contributed by atoms with Crippen molar-refractivity contribution in [3.05, 3.63) is 24.3 Å². The molecule has 82 valence electrons. The molecule has 0 bridgehead atoms. The molecule has 1 aromatic rings. The zero-order valence-electron chi connectivity index (χ0n) is 9.19. The van der Waals surface area contributed by atoms with Crippen molar-refractivity contribution in [2.24, 2.45) is 0 Å². The summed E-state index contributed by atoms with van der Waals surface area (Å²) in [5.41, 5.74) is 1.86. The van der Waals surface area contributed by atoms with Crippen LogP contribution >= 0.6 is 0 Å². The Morgan fingerprint density at radius 2 is 2.13 bits per heavy atom. The monoisotopic (exact) mass is 208 g/mol. The Hall–Kier alpha value is -1.71. The highest BCUT2D eigenvalue weighted by molar-refractivity contribution is 5.77. The predicted octanol–water partition coefficient (Wildman–Crippen LogP) is 1.64. The van der Waals surface area contributed by atoms with Gasteiger partial charge in [0.2, 0.25) is 0 Å². The second-order valence-electron chi connectivity index (χ2n) is 3.65. The van der Waals surface area contributed by atoms with Crippen molar-refractivity contribution in [3.8, 4) is 0 Å². The van der Waals surface area contributed by atoms with E-state index in [1.165, 1.54) is 0 Å². The maximum absolute atomic E-state index is 10.6. The van der Waals surface area contributed by atoms with Crippen molar-refractivity contribution < 1.29 is 9.90 Å². The van der Waals surface area contributed by atoms with E-state index in [1.807, 2.05) is 43.3 Å². The van der Waals surface area contributed by atoms with Gasteiger partial charge in [-0.3, -0.25) is 4.79 Å². The molecule has 1 atom stereocenters. The molecule has 0 amide bonds. The summed E-state index contributed by atoms with van der Waals surface area (Å²) in [6.45, 7) is 1.62. The van der Waals surface area contributed by atoms with Gasteiger partial charge in [-0.15, -0.1) is 0 Å². The summed E-state index contributed by atoms with van der Waals surface area (Å²) in [5, 5.41) is 11.7. The minimum atomic E-state index is -0.856. The molecular weight excluding hydrogens is 192 g/mol. The van der Waals surface area contributed by atoms with Gasteiger partial charge in [-0.2, -0.15) is 0 Å². The van der Waals surface area contributed by atoms with Crippen LogP contribution in [0.4, 0.5) is 11.4 Å². The van der Waals surface area contributed by atoms with E-state index < -0.39 is 12.0 Å². The van der Waals surface area contributed by atoms with Crippen LogP contribution in [0, 0.1) is 0 Å². The summed E-state index contributed by atoms with van der Waals surface area (Å²) >= 11 is 0. The first kappa shape index (κ1) is 11.4. The summed E-state index contributed by atoms with van der Waals surface area (Å²) in [6, 6.07) is 7.05. The summed E-state index contributed by atoms with van der Waals surface area (Å²) < 4.78 is 0. The van der Waals surface area contributed by atoms with Crippen LogP contribution in [0.2, 0.25) is 0 Å². The lowest BCUT2D eigenvalue weighted by atomic mass is 10.2. The third kappa shape index (κ3) is 3.16. The van der Waals surface area contributed by atoms with Crippen molar-refractivity contribution in [2.45, 2.75) is 13.0 Å². The molecule has 1 aromatic carbocycles. The molecule has 0 radical (unpaired) electrons. The van der Waals surface area contributed by atoms with Crippen LogP contribution in [0.3, 0.4) is 0 Å². The van der Waals surface area contributed by atoms with Gasteiger partial charge in [-0.05, 0) is 25.1 Å². The Kier molecular flexibility index (Phi) is 3.55. The highest BCUT2D eigenvalue weighted by Crippen LogP contribution is 2.17. The highest BCUT2D eigenvalue weighted by Gasteiger charge is 2.09. The second-order valence-corrected chi connectivity index (χ2v) is 3.65. The molecule has 2 N–H and O–H groups in total. The van der Waals surface area contributed by atoms with Crippen molar-refractivity contribution in [1.82, 2.24) is 0 Å². The van der Waals surface area contributed by atoms with Gasteiger partial charge < -0.3 is 15.3 Å². The predicted molar refractivity (Wildman–Crippen MR) is 61.5 cm³/mol. The number of benzene rings is 1. The second kappa shape index (κ2) is 4.68. The number of hydrogen-bond acceptors (Lipinski definition) is 3. The fourth-order valence-corrected chi connectivity index (χ4v) is 1.19. The number of anilines is 2. The van der Waals surface area contributed by atoms with Crippen LogP contribution in [0.15, 0.2) is 24.3 Å². The van der Waals surface area contributed by atoms with Crippen LogP contribution in [0.5, 0.6) is 0 Å². The van der Waals surface area contributed by atoms with Gasteiger partial charge in [0.1, 0.15) is 6.04 Å². The van der Waals surface area contributed by atoms with Crippen LogP contribution in [0.1, 0.15) is 6.92 Å². The Labute approximate surface area is 89.5 Å². The number of nitrogens with zero attached hydrogens (tertiary/aromatic N) is 1. The van der Waals surface area contributed by atoms with Gasteiger partial charge in [0.05, 0.1) is 0 Å². The third-order valence-corrected chi connectivity index (χ3v) is 2.12. The standard InChI is InChI=1S/C11H16N2O2/c1-8(11(14)15)12-9-5-4-6-10(7-9)13(2)3/h4-8,12H,1-3H3,(H,14,15)/t8-/m1/s1. The van der Waals surface area contributed by atoms with E-state index in [9.17, 15) is 4.79 Å². The molecule has 0 unspecified atom stereocenters. The number of nitrogens with one attached hydrogen (secondary N) is 1. The number of rotatable bonds is 4. The van der Waals surface area contributed by atoms with E-state index in [4.69, 9.17) is 5.11 Å². The highest BCUT2D eigenvalue weighted by atomic mass is 16.4. The van der Waals surface area contributed by atoms with Gasteiger partial charge >= 0.3 is 5.97 Å². The van der Waals surface area contributed by atoms with Crippen LogP contribution in [-0.2, 0) is 4.79 Å². The Balaban J connectivity index is 2.78. The minimum absolute atomic E-state index is 0.581. The summed E-state index contributed by atoms with van der Waals surface area (Å²) in [7, 11) is 3.89. The number of carbonyl (C=O) groups is 1. The van der Waals surface area contributed by atoms with E-state index in [0.717, 1.165) is 11.4 Å². The van der Waals surface area contributed by atoms with Gasteiger partial charge in [0, 0.05) is 25.5 Å². The molecule has 4 nitrogen and oxygen atoms in total. The average molecular weight is 208 g/mol. The van der Waals surface area contributed by atoms with Crippen LogP contribution in [-0.4, -0.2) is 31.2 Å². The summed E-state index contributed by atoms with van der Waals surface area (Å²) in [4.78, 5) is 12.6. The largest absolute Gasteiger partial charge is 0.480 e. The topological polar surface area (TPSA) is 52.6 Å². The van der Waals surface area contributed by atoms with Gasteiger partial charge in [-0.1, -0.05) is 6.07 Å². The van der Waals surface area contributed by atoms with Crippen molar-refractivity contribution in [2.75, 3.05) is 24.3 Å². The maximum atomic E-state index is 10.6. The normalized spacial score (nSPS) is 11.9. The molecule has 0 aliphatic rings. The molecular formula is C11H16N2O2. The van der Waals surface area contributed by atoms with Crippen LogP contribution < -0.4 is 10.2 Å². The van der Waals surface area contributed by atoms with Crippen molar-refractivity contribution in [3.63, 3.8) is 0 Å². The smallest absolute Gasteiger partial charge is 0.325 e. The summed E-state index contributed by atoms with van der Waals surface area (Å²) in [5.74, 6) is -0.856. The van der Waals surface area contributed by atoms with Gasteiger partial charge in [0.25, 0.3) is 0 Å². The molecule has 0 aromatic heterocycles. The first-order chi connectivity index (χ1) is 7.00. The molecule has 0 aliphatic heterocycles. The zero-order chi connectivity index (χ0) is 11.4. The van der Waals surface area contributed by atoms with Gasteiger partial charge in [0.15, 0.2) is 0 Å². The summed E-state index contributed by atoms with van der Waals surface area (Å²) in [6.07, 6.45) is 0. The molecule has 0 saturated carbocycles. The van der Waals surface area contributed by atoms with E-state index in [0.29, 0.717) is 0 Å². The number of hydrogen-bond donors (Lipinski definition) is 2. The number of carboxylic acids is 1. The number of carboxylic acid groups (broad SMARTS) is 1. The lowest BCUT2D eigenvalue weighted by molar-refractivity contribution is -0.137. The van der Waals surface area contributed by atoms with Crippen molar-refractivity contribution >= 4 is 17.3 Å². The molecule has 1 rings (SSSR count). The third-order valence-electron chi connectivity index (χ3n) is 2.12. The molecule has 0 fully saturated rings. The van der Waals surface area contributed by atoms with E-state index >= 15 is 0 Å². The fraction of sp³-hybridized carbons (Fsp3) is 0.364. The first-order valence-electron chi connectivity index (χ1n) is 4.77. The van der Waals surface area contributed by atoms with E-state index in [1.54, 1.807) is 6.92 Å². The molecule has 15 heavy (non-hydrogen) atoms. The first-order valence-corrected chi connectivity index (χ1v) is 4.77. The number of aliphatic carboxylic acids is 1. The molecule has 0 saturated heterocycles. The fourth-order valence-electron chi connectivity index (χ4n) is 1.19. The molecule has 0 spiro atoms. The van der Waals surface area contributed by atoms with Crippen LogP contribution in [0.25, 0.3) is 0 Å². The maximum Gasteiger partial charge on any atom is 0.325 e.